The van der Waals surface area contributed by atoms with Gasteiger partial charge in [0.05, 0.1) is 13.0 Å². The molecule has 2 N–H and O–H groups in total. The minimum absolute atomic E-state index is 0.144. The number of rotatable bonds is 3. The van der Waals surface area contributed by atoms with Gasteiger partial charge in [-0.05, 0) is 44.9 Å². The third-order valence-corrected chi connectivity index (χ3v) is 3.72. The van der Waals surface area contributed by atoms with E-state index in [4.69, 9.17) is 9.47 Å². The van der Waals surface area contributed by atoms with Crippen LogP contribution in [0.2, 0.25) is 0 Å². The molecule has 0 bridgehead atoms. The van der Waals surface area contributed by atoms with Crippen LogP contribution >= 0.6 is 0 Å². The number of phenolic OH excluding ortho intramolecular Hbond substituents is 1. The molecule has 6 heteroatoms. The summed E-state index contributed by atoms with van der Waals surface area (Å²) in [6.45, 7) is 5.42. The molecule has 0 radical (unpaired) electrons. The Balaban J connectivity index is 2.25. The van der Waals surface area contributed by atoms with E-state index in [9.17, 15) is 14.7 Å². The van der Waals surface area contributed by atoms with Crippen molar-refractivity contribution in [1.82, 2.24) is 5.32 Å². The van der Waals surface area contributed by atoms with Crippen molar-refractivity contribution in [2.75, 3.05) is 7.11 Å². The van der Waals surface area contributed by atoms with Crippen LogP contribution in [-0.2, 0) is 19.1 Å². The van der Waals surface area contributed by atoms with Crippen molar-refractivity contribution in [1.29, 1.82) is 0 Å². The first-order valence-corrected chi connectivity index (χ1v) is 7.57. The van der Waals surface area contributed by atoms with Crippen LogP contribution in [0, 0.1) is 5.92 Å². The highest BCUT2D eigenvalue weighted by Crippen LogP contribution is 2.35. The van der Waals surface area contributed by atoms with Gasteiger partial charge in [0.1, 0.15) is 17.4 Å². The Labute approximate surface area is 135 Å². The third-order valence-electron chi connectivity index (χ3n) is 3.72. The quantitative estimate of drug-likeness (QED) is 0.828. The van der Waals surface area contributed by atoms with E-state index in [-0.39, 0.29) is 17.8 Å². The van der Waals surface area contributed by atoms with Gasteiger partial charge >= 0.3 is 11.9 Å². The monoisotopic (exact) mass is 321 g/mol. The molecule has 6 nitrogen and oxygen atoms in total. The van der Waals surface area contributed by atoms with Crippen molar-refractivity contribution < 1.29 is 24.2 Å². The second-order valence-corrected chi connectivity index (χ2v) is 6.69. The first kappa shape index (κ1) is 17.3. The van der Waals surface area contributed by atoms with Gasteiger partial charge in [0.2, 0.25) is 0 Å². The van der Waals surface area contributed by atoms with Crippen LogP contribution in [0.4, 0.5) is 0 Å². The molecule has 0 amide bonds. The summed E-state index contributed by atoms with van der Waals surface area (Å²) < 4.78 is 10.3. The number of carbonyl (C=O) groups is 2. The van der Waals surface area contributed by atoms with Crippen LogP contribution in [0.15, 0.2) is 24.3 Å². The molecule has 0 aromatic heterocycles. The highest BCUT2D eigenvalue weighted by atomic mass is 16.6. The summed E-state index contributed by atoms with van der Waals surface area (Å²) in [5.41, 5.74) is 0.213. The predicted octanol–water partition coefficient (Wildman–Crippen LogP) is 1.93. The van der Waals surface area contributed by atoms with Crippen molar-refractivity contribution >= 4 is 11.9 Å². The summed E-state index contributed by atoms with van der Waals surface area (Å²) >= 11 is 0. The van der Waals surface area contributed by atoms with E-state index in [1.54, 1.807) is 45.0 Å². The number of hydrogen-bond acceptors (Lipinski definition) is 6. The topological polar surface area (TPSA) is 84.9 Å². The van der Waals surface area contributed by atoms with Crippen molar-refractivity contribution in [2.24, 2.45) is 5.92 Å². The number of esters is 2. The first-order valence-electron chi connectivity index (χ1n) is 7.57. The van der Waals surface area contributed by atoms with E-state index in [0.29, 0.717) is 6.42 Å². The van der Waals surface area contributed by atoms with Gasteiger partial charge in [-0.25, -0.2) is 0 Å². The predicted molar refractivity (Wildman–Crippen MR) is 83.7 cm³/mol. The Bertz CT molecular complexity index is 576. The van der Waals surface area contributed by atoms with Gasteiger partial charge < -0.3 is 14.6 Å². The number of hydrogen-bond donors (Lipinski definition) is 2. The molecule has 126 valence electrons. The van der Waals surface area contributed by atoms with E-state index in [1.165, 1.54) is 7.11 Å². The molecule has 1 heterocycles. The lowest BCUT2D eigenvalue weighted by atomic mass is 9.93. The highest BCUT2D eigenvalue weighted by Gasteiger charge is 2.44. The van der Waals surface area contributed by atoms with E-state index in [2.05, 4.69) is 5.32 Å². The van der Waals surface area contributed by atoms with Crippen LogP contribution in [0.1, 0.15) is 38.8 Å². The zero-order chi connectivity index (χ0) is 17.2. The minimum Gasteiger partial charge on any atom is -0.508 e. The summed E-state index contributed by atoms with van der Waals surface area (Å²) in [7, 11) is 1.32. The lowest BCUT2D eigenvalue weighted by Crippen LogP contribution is -2.33. The van der Waals surface area contributed by atoms with Crippen molar-refractivity contribution in [3.05, 3.63) is 29.8 Å². The molecule has 23 heavy (non-hydrogen) atoms. The van der Waals surface area contributed by atoms with Crippen molar-refractivity contribution in [2.45, 2.75) is 44.9 Å². The fraction of sp³-hybridized carbons (Fsp3) is 0.529. The summed E-state index contributed by atoms with van der Waals surface area (Å²) in [4.78, 5) is 24.3. The molecule has 1 unspecified atom stereocenters. The van der Waals surface area contributed by atoms with Gasteiger partial charge in [-0.15, -0.1) is 0 Å². The maximum atomic E-state index is 12.5. The SMILES string of the molecule is COC(=O)[C@H]1CC(C(=O)OC(C)(C)C)[C@@H](c2ccc(O)cc2)N1. The van der Waals surface area contributed by atoms with Crippen LogP contribution in [0.3, 0.4) is 0 Å². The largest absolute Gasteiger partial charge is 0.508 e. The normalized spacial score (nSPS) is 24.3. The molecule has 1 aliphatic rings. The van der Waals surface area contributed by atoms with E-state index in [1.807, 2.05) is 0 Å². The molecular formula is C17H23NO5. The second kappa shape index (κ2) is 6.58. The minimum atomic E-state index is -0.597. The standard InChI is InChI=1S/C17H23NO5/c1-17(2,3)23-15(20)12-9-13(16(21)22-4)18-14(12)10-5-7-11(19)8-6-10/h5-8,12-14,18-19H,9H2,1-4H3/t12?,13-,14-/m1/s1. The fourth-order valence-corrected chi connectivity index (χ4v) is 2.72. The third kappa shape index (κ3) is 4.22. The molecule has 3 atom stereocenters. The average Bonchev–Trinajstić information content (AvgIpc) is 2.90. The van der Waals surface area contributed by atoms with Gasteiger partial charge in [-0.1, -0.05) is 12.1 Å². The zero-order valence-electron chi connectivity index (χ0n) is 13.8. The molecule has 1 aromatic carbocycles. The Kier molecular flexibility index (Phi) is 4.94. The molecule has 1 aliphatic heterocycles. The lowest BCUT2D eigenvalue weighted by molar-refractivity contribution is -0.160. The van der Waals surface area contributed by atoms with Gasteiger partial charge in [0.15, 0.2) is 0 Å². The average molecular weight is 321 g/mol. The first-order chi connectivity index (χ1) is 10.7. The number of phenols is 1. The van der Waals surface area contributed by atoms with E-state index < -0.39 is 23.5 Å². The molecule has 1 aromatic rings. The maximum absolute atomic E-state index is 12.5. The number of carbonyl (C=O) groups excluding carboxylic acids is 2. The number of aromatic hydroxyl groups is 1. The Hall–Kier alpha value is -2.08. The Morgan fingerprint density at radius 3 is 2.30 bits per heavy atom. The van der Waals surface area contributed by atoms with Gasteiger partial charge in [0.25, 0.3) is 0 Å². The lowest BCUT2D eigenvalue weighted by Gasteiger charge is -2.25. The second-order valence-electron chi connectivity index (χ2n) is 6.69. The summed E-state index contributed by atoms with van der Waals surface area (Å²) in [5, 5.41) is 12.6. The smallest absolute Gasteiger partial charge is 0.322 e. The van der Waals surface area contributed by atoms with Crippen LogP contribution in [0.5, 0.6) is 5.75 Å². The number of methoxy groups -OCH3 is 1. The van der Waals surface area contributed by atoms with Crippen LogP contribution in [-0.4, -0.2) is 35.8 Å². The molecule has 0 spiro atoms. The molecule has 2 rings (SSSR count). The van der Waals surface area contributed by atoms with E-state index >= 15 is 0 Å². The molecule has 1 saturated heterocycles. The van der Waals surface area contributed by atoms with Gasteiger partial charge in [-0.3, -0.25) is 14.9 Å². The summed E-state index contributed by atoms with van der Waals surface area (Å²) in [6.07, 6.45) is 0.313. The zero-order valence-corrected chi connectivity index (χ0v) is 13.8. The Morgan fingerprint density at radius 1 is 1.17 bits per heavy atom. The van der Waals surface area contributed by atoms with Gasteiger partial charge in [-0.2, -0.15) is 0 Å². The van der Waals surface area contributed by atoms with E-state index in [0.717, 1.165) is 5.56 Å². The Morgan fingerprint density at radius 2 is 1.78 bits per heavy atom. The fourth-order valence-electron chi connectivity index (χ4n) is 2.72. The van der Waals surface area contributed by atoms with Crippen LogP contribution in [0.25, 0.3) is 0 Å². The maximum Gasteiger partial charge on any atom is 0.322 e. The molecule has 1 fully saturated rings. The number of benzene rings is 1. The van der Waals surface area contributed by atoms with Crippen molar-refractivity contribution in [3.63, 3.8) is 0 Å². The van der Waals surface area contributed by atoms with Gasteiger partial charge in [0, 0.05) is 6.04 Å². The summed E-state index contributed by atoms with van der Waals surface area (Å²) in [5.74, 6) is -1.11. The molecular weight excluding hydrogens is 298 g/mol. The molecule has 0 saturated carbocycles. The summed E-state index contributed by atoms with van der Waals surface area (Å²) in [6, 6.07) is 5.63. The number of nitrogens with one attached hydrogen (secondary N) is 1. The van der Waals surface area contributed by atoms with Crippen LogP contribution < -0.4 is 5.32 Å². The number of ether oxygens (including phenoxy) is 2. The highest BCUT2D eigenvalue weighted by molar-refractivity contribution is 5.80. The molecule has 0 aliphatic carbocycles. The van der Waals surface area contributed by atoms with Crippen molar-refractivity contribution in [3.8, 4) is 5.75 Å².